The molecule has 1 atom stereocenters. The van der Waals surface area contributed by atoms with Crippen molar-refractivity contribution < 1.29 is 14.3 Å². The second kappa shape index (κ2) is 7.35. The summed E-state index contributed by atoms with van der Waals surface area (Å²) in [6.45, 7) is 5.50. The maximum atomic E-state index is 12.1. The van der Waals surface area contributed by atoms with Crippen molar-refractivity contribution in [2.75, 3.05) is 11.9 Å². The van der Waals surface area contributed by atoms with Crippen LogP contribution in [0.4, 0.5) is 5.82 Å². The number of aliphatic hydroxyl groups is 1. The van der Waals surface area contributed by atoms with Crippen LogP contribution >= 0.6 is 0 Å². The monoisotopic (exact) mass is 418 g/mol. The van der Waals surface area contributed by atoms with Gasteiger partial charge in [-0.3, -0.25) is 4.79 Å². The predicted octanol–water partition coefficient (Wildman–Crippen LogP) is 2.96. The fraction of sp³-hybridized carbons (Fsp3) is 0.364. The van der Waals surface area contributed by atoms with E-state index in [2.05, 4.69) is 25.5 Å². The van der Waals surface area contributed by atoms with Gasteiger partial charge in [0.15, 0.2) is 5.82 Å². The van der Waals surface area contributed by atoms with E-state index in [4.69, 9.17) is 9.40 Å². The highest BCUT2D eigenvalue weighted by atomic mass is 16.4. The van der Waals surface area contributed by atoms with Gasteiger partial charge in [0.2, 0.25) is 5.89 Å². The van der Waals surface area contributed by atoms with Gasteiger partial charge < -0.3 is 14.8 Å². The molecule has 9 heteroatoms. The third kappa shape index (κ3) is 3.40. The Morgan fingerprint density at radius 2 is 1.94 bits per heavy atom. The van der Waals surface area contributed by atoms with Gasteiger partial charge in [-0.2, -0.15) is 0 Å². The van der Waals surface area contributed by atoms with E-state index >= 15 is 0 Å². The van der Waals surface area contributed by atoms with Crippen molar-refractivity contribution in [1.82, 2.24) is 20.2 Å². The molecule has 1 saturated carbocycles. The quantitative estimate of drug-likeness (QED) is 0.626. The summed E-state index contributed by atoms with van der Waals surface area (Å²) in [7, 11) is 0. The van der Waals surface area contributed by atoms with Crippen LogP contribution < -0.4 is 5.32 Å². The third-order valence-corrected chi connectivity index (χ3v) is 5.82. The van der Waals surface area contributed by atoms with Gasteiger partial charge in [0, 0.05) is 30.0 Å². The molecule has 1 amide bonds. The number of aliphatic hydroxyl groups excluding tert-OH is 1. The summed E-state index contributed by atoms with van der Waals surface area (Å²) in [5.41, 5.74) is 4.43. The lowest BCUT2D eigenvalue weighted by Gasteiger charge is -2.18. The molecule has 1 unspecified atom stereocenters. The Labute approximate surface area is 178 Å². The van der Waals surface area contributed by atoms with Crippen LogP contribution in [-0.2, 0) is 0 Å². The molecule has 2 N–H and O–H groups in total. The van der Waals surface area contributed by atoms with Crippen LogP contribution in [-0.4, -0.2) is 49.5 Å². The van der Waals surface area contributed by atoms with Crippen molar-refractivity contribution in [2.24, 2.45) is 10.9 Å². The molecule has 0 spiro atoms. The Morgan fingerprint density at radius 3 is 2.61 bits per heavy atom. The number of fused-ring (bicyclic) bond motifs is 1. The van der Waals surface area contributed by atoms with Crippen molar-refractivity contribution in [3.63, 3.8) is 0 Å². The Bertz CT molecular complexity index is 1230. The van der Waals surface area contributed by atoms with Crippen LogP contribution in [0.25, 0.3) is 22.8 Å². The first-order valence-corrected chi connectivity index (χ1v) is 10.2. The number of hydrogen-bond donors (Lipinski definition) is 2. The zero-order valence-corrected chi connectivity index (χ0v) is 17.5. The molecule has 9 nitrogen and oxygen atoms in total. The zero-order chi connectivity index (χ0) is 21.7. The topological polar surface area (TPSA) is 126 Å². The lowest BCUT2D eigenvalue weighted by atomic mass is 9.95. The van der Waals surface area contributed by atoms with Gasteiger partial charge in [-0.1, -0.05) is 6.07 Å². The van der Waals surface area contributed by atoms with E-state index in [1.165, 1.54) is 0 Å². The molecule has 1 aliphatic heterocycles. The summed E-state index contributed by atoms with van der Waals surface area (Å²) in [5, 5.41) is 21.2. The molecular formula is C22H22N6O3. The molecule has 3 heterocycles. The maximum absolute atomic E-state index is 12.1. The summed E-state index contributed by atoms with van der Waals surface area (Å²) >= 11 is 0. The molecule has 0 bridgehead atoms. The van der Waals surface area contributed by atoms with E-state index in [1.54, 1.807) is 19.2 Å². The van der Waals surface area contributed by atoms with Crippen molar-refractivity contribution in [3.05, 3.63) is 40.9 Å². The normalized spacial score (nSPS) is 16.3. The number of aliphatic imine (C=N–C) groups is 1. The van der Waals surface area contributed by atoms with Gasteiger partial charge in [-0.25, -0.2) is 15.0 Å². The molecule has 3 aromatic rings. The number of carbonyl (C=O) groups is 1. The lowest BCUT2D eigenvalue weighted by molar-refractivity contribution is 0.101. The fourth-order valence-electron chi connectivity index (χ4n) is 4.04. The maximum Gasteiger partial charge on any atom is 0.277 e. The van der Waals surface area contributed by atoms with Crippen LogP contribution in [0.1, 0.15) is 47.1 Å². The van der Waals surface area contributed by atoms with Crippen molar-refractivity contribution in [2.45, 2.75) is 39.7 Å². The van der Waals surface area contributed by atoms with Crippen LogP contribution in [0.5, 0.6) is 0 Å². The second-order valence-corrected chi connectivity index (χ2v) is 8.02. The Kier molecular flexibility index (Phi) is 4.62. The molecule has 5 rings (SSSR count). The Morgan fingerprint density at radius 1 is 1.16 bits per heavy atom. The van der Waals surface area contributed by atoms with Gasteiger partial charge in [0.05, 0.1) is 23.8 Å². The van der Waals surface area contributed by atoms with E-state index in [0.29, 0.717) is 46.2 Å². The van der Waals surface area contributed by atoms with Crippen molar-refractivity contribution >= 4 is 17.4 Å². The number of benzene rings is 1. The number of aryl methyl sites for hydroxylation is 1. The number of nitrogens with zero attached hydrogens (tertiary/aromatic N) is 5. The highest BCUT2D eigenvalue weighted by molar-refractivity contribution is 6.21. The van der Waals surface area contributed by atoms with Crippen LogP contribution in [0.15, 0.2) is 27.7 Å². The summed E-state index contributed by atoms with van der Waals surface area (Å²) < 4.78 is 5.60. The smallest absolute Gasteiger partial charge is 0.277 e. The average molecular weight is 418 g/mol. The molecule has 31 heavy (non-hydrogen) atoms. The minimum atomic E-state index is -0.220. The number of carbonyl (C=O) groups excluding carboxylic acids is 1. The minimum Gasteiger partial charge on any atom is -0.421 e. The first-order valence-electron chi connectivity index (χ1n) is 10.2. The van der Waals surface area contributed by atoms with Gasteiger partial charge in [0.1, 0.15) is 5.82 Å². The molecule has 0 radical (unpaired) electrons. The van der Waals surface area contributed by atoms with Gasteiger partial charge >= 0.3 is 0 Å². The van der Waals surface area contributed by atoms with E-state index in [9.17, 15) is 9.90 Å². The molecular weight excluding hydrogens is 396 g/mol. The first kappa shape index (κ1) is 19.5. The van der Waals surface area contributed by atoms with Gasteiger partial charge in [0.25, 0.3) is 11.8 Å². The average Bonchev–Trinajstić information content (AvgIpc) is 3.44. The van der Waals surface area contributed by atoms with E-state index in [-0.39, 0.29) is 18.6 Å². The number of rotatable bonds is 6. The van der Waals surface area contributed by atoms with E-state index < -0.39 is 0 Å². The van der Waals surface area contributed by atoms with Crippen molar-refractivity contribution in [1.29, 1.82) is 0 Å². The number of amides is 1. The molecule has 158 valence electrons. The minimum absolute atomic E-state index is 0.00193. The third-order valence-electron chi connectivity index (χ3n) is 5.82. The first-order chi connectivity index (χ1) is 15.0. The Balaban J connectivity index is 1.61. The zero-order valence-electron chi connectivity index (χ0n) is 17.5. The van der Waals surface area contributed by atoms with E-state index in [0.717, 1.165) is 29.5 Å². The summed E-state index contributed by atoms with van der Waals surface area (Å²) in [5.74, 6) is 1.98. The van der Waals surface area contributed by atoms with Gasteiger partial charge in [-0.15, -0.1) is 10.2 Å². The molecule has 1 aliphatic carbocycles. The van der Waals surface area contributed by atoms with Crippen LogP contribution in [0.3, 0.4) is 0 Å². The van der Waals surface area contributed by atoms with Crippen LogP contribution in [0.2, 0.25) is 0 Å². The number of nitrogens with one attached hydrogen (secondary N) is 1. The molecule has 2 aromatic heterocycles. The second-order valence-electron chi connectivity index (χ2n) is 8.02. The van der Waals surface area contributed by atoms with Crippen LogP contribution in [0, 0.1) is 19.8 Å². The molecule has 0 saturated heterocycles. The standard InChI is InChI=1S/C22H22N6O3/c1-10-14(6-7-15-18(10)11(2)24-21(15)30)19-23-8-16(22-28-27-12(3)31-22)20(26-19)25-17(9-29)13-4-5-13/h6-8,13,17,29H,4-5,9H2,1-3H3,(H,23,25,26). The summed E-state index contributed by atoms with van der Waals surface area (Å²) in [6, 6.07) is 3.51. The largest absolute Gasteiger partial charge is 0.421 e. The molecule has 1 fully saturated rings. The number of aromatic nitrogens is 4. The lowest BCUT2D eigenvalue weighted by Crippen LogP contribution is -2.27. The predicted molar refractivity (Wildman–Crippen MR) is 114 cm³/mol. The summed E-state index contributed by atoms with van der Waals surface area (Å²) in [6.07, 6.45) is 3.79. The fourth-order valence-corrected chi connectivity index (χ4v) is 4.04. The SMILES string of the molecule is CC1=NC(=O)c2ccc(-c3ncc(-c4nnc(C)o4)c(NC(CO)C4CC4)n3)c(C)c21. The Hall–Kier alpha value is -3.46. The number of anilines is 1. The highest BCUT2D eigenvalue weighted by Crippen LogP contribution is 2.36. The highest BCUT2D eigenvalue weighted by Gasteiger charge is 2.32. The number of hydrogen-bond acceptors (Lipinski definition) is 8. The van der Waals surface area contributed by atoms with Gasteiger partial charge in [-0.05, 0) is 44.2 Å². The molecule has 1 aromatic carbocycles. The molecule has 2 aliphatic rings. The van der Waals surface area contributed by atoms with E-state index in [1.807, 2.05) is 19.9 Å². The summed E-state index contributed by atoms with van der Waals surface area (Å²) in [4.78, 5) is 25.5. The van der Waals surface area contributed by atoms with Crippen molar-refractivity contribution in [3.8, 4) is 22.8 Å².